The molecule has 1 aliphatic carbocycles. The fourth-order valence-corrected chi connectivity index (χ4v) is 7.39. The van der Waals surface area contributed by atoms with Crippen molar-refractivity contribution >= 4 is 40.7 Å². The maximum absolute atomic E-state index is 14.8. The summed E-state index contributed by atoms with van der Waals surface area (Å²) < 4.78 is 11.1. The first-order chi connectivity index (χ1) is 20.4. The third-order valence-corrected chi connectivity index (χ3v) is 9.22. The summed E-state index contributed by atoms with van der Waals surface area (Å²) in [5.41, 5.74) is 1.73. The maximum Gasteiger partial charge on any atom is 0.187 e. The van der Waals surface area contributed by atoms with Gasteiger partial charge in [-0.1, -0.05) is 84.4 Å². The standard InChI is InChI=1S/C35H26ClNO5/c1-41-27-17-15-21(19-28(27)42-2)30-31(32(38)24-12-6-7-13-25(24)36)37-26-14-8-3-9-20(26)16-18-29(37)35(30)33(39)22-10-4-5-11-23(22)34(35)40/h3-19,29-31H,1-2H3. The van der Waals surface area contributed by atoms with Gasteiger partial charge >= 0.3 is 0 Å². The highest BCUT2D eigenvalue weighted by Gasteiger charge is 2.71. The van der Waals surface area contributed by atoms with E-state index in [2.05, 4.69) is 0 Å². The van der Waals surface area contributed by atoms with Crippen LogP contribution in [0, 0.1) is 5.41 Å². The van der Waals surface area contributed by atoms with E-state index in [1.807, 2.05) is 47.4 Å². The highest BCUT2D eigenvalue weighted by Crippen LogP contribution is 2.61. The molecule has 0 amide bonds. The fourth-order valence-electron chi connectivity index (χ4n) is 7.16. The van der Waals surface area contributed by atoms with Gasteiger partial charge in [0.15, 0.2) is 28.8 Å². The zero-order chi connectivity index (χ0) is 29.2. The molecule has 3 atom stereocenters. The lowest BCUT2D eigenvalue weighted by molar-refractivity contribution is 0.0665. The molecule has 0 bridgehead atoms. The molecule has 42 heavy (non-hydrogen) atoms. The first-order valence-electron chi connectivity index (χ1n) is 13.7. The Morgan fingerprint density at radius 3 is 2.14 bits per heavy atom. The van der Waals surface area contributed by atoms with E-state index in [4.69, 9.17) is 21.1 Å². The van der Waals surface area contributed by atoms with E-state index in [0.717, 1.165) is 11.3 Å². The number of para-hydroxylation sites is 1. The van der Waals surface area contributed by atoms with Crippen molar-refractivity contribution in [3.05, 3.63) is 130 Å². The van der Waals surface area contributed by atoms with Crippen LogP contribution >= 0.6 is 11.6 Å². The smallest absolute Gasteiger partial charge is 0.187 e. The number of rotatable bonds is 5. The Hall–Kier alpha value is -4.68. The highest BCUT2D eigenvalue weighted by atomic mass is 35.5. The van der Waals surface area contributed by atoms with Crippen molar-refractivity contribution in [1.29, 1.82) is 0 Å². The van der Waals surface area contributed by atoms with Crippen LogP contribution in [0.4, 0.5) is 5.69 Å². The van der Waals surface area contributed by atoms with Crippen molar-refractivity contribution in [3.8, 4) is 11.5 Å². The minimum atomic E-state index is -1.62. The Labute approximate surface area is 248 Å². The van der Waals surface area contributed by atoms with Crippen LogP contribution in [-0.2, 0) is 0 Å². The lowest BCUT2D eigenvalue weighted by atomic mass is 9.64. The van der Waals surface area contributed by atoms with E-state index >= 15 is 0 Å². The molecule has 1 spiro atoms. The van der Waals surface area contributed by atoms with Crippen molar-refractivity contribution in [2.75, 3.05) is 19.1 Å². The van der Waals surface area contributed by atoms with Gasteiger partial charge in [0, 0.05) is 28.3 Å². The third kappa shape index (κ3) is 3.42. The van der Waals surface area contributed by atoms with Crippen LogP contribution in [-0.4, -0.2) is 43.7 Å². The van der Waals surface area contributed by atoms with Gasteiger partial charge in [0.1, 0.15) is 11.5 Å². The Kier molecular flexibility index (Phi) is 6.06. The molecule has 0 N–H and O–H groups in total. The Morgan fingerprint density at radius 1 is 0.810 bits per heavy atom. The summed E-state index contributed by atoms with van der Waals surface area (Å²) in [5.74, 6) is -0.811. The van der Waals surface area contributed by atoms with E-state index in [0.29, 0.717) is 38.8 Å². The number of nitrogens with zero attached hydrogens (tertiary/aromatic N) is 1. The number of benzene rings is 4. The normalized spacial score (nSPS) is 21.2. The minimum absolute atomic E-state index is 0.274. The quantitative estimate of drug-likeness (QED) is 0.195. The number of hydrogen-bond donors (Lipinski definition) is 0. The molecule has 1 saturated heterocycles. The molecule has 4 aromatic carbocycles. The van der Waals surface area contributed by atoms with Crippen LogP contribution in [0.1, 0.15) is 48.1 Å². The molecule has 3 aliphatic rings. The second-order valence-electron chi connectivity index (χ2n) is 10.7. The van der Waals surface area contributed by atoms with Gasteiger partial charge in [-0.3, -0.25) is 14.4 Å². The maximum atomic E-state index is 14.8. The molecule has 1 fully saturated rings. The van der Waals surface area contributed by atoms with Crippen molar-refractivity contribution in [2.45, 2.75) is 18.0 Å². The third-order valence-electron chi connectivity index (χ3n) is 8.89. The predicted octanol–water partition coefficient (Wildman–Crippen LogP) is 6.67. The summed E-state index contributed by atoms with van der Waals surface area (Å²) in [6.45, 7) is 0. The average Bonchev–Trinajstić information content (AvgIpc) is 3.46. The number of fused-ring (bicyclic) bond motifs is 5. The van der Waals surface area contributed by atoms with Gasteiger partial charge in [-0.15, -0.1) is 0 Å². The van der Waals surface area contributed by atoms with E-state index in [9.17, 15) is 14.4 Å². The van der Waals surface area contributed by atoms with Gasteiger partial charge in [0.05, 0.1) is 25.3 Å². The summed E-state index contributed by atoms with van der Waals surface area (Å²) >= 11 is 6.61. The Morgan fingerprint density at radius 2 is 1.45 bits per heavy atom. The van der Waals surface area contributed by atoms with Gasteiger partial charge in [0.25, 0.3) is 0 Å². The zero-order valence-corrected chi connectivity index (χ0v) is 23.7. The lowest BCUT2D eigenvalue weighted by Gasteiger charge is -2.37. The Balaban J connectivity index is 1.57. The largest absolute Gasteiger partial charge is 0.493 e. The summed E-state index contributed by atoms with van der Waals surface area (Å²) in [4.78, 5) is 46.3. The number of methoxy groups -OCH3 is 2. The van der Waals surface area contributed by atoms with Crippen molar-refractivity contribution < 1.29 is 23.9 Å². The molecule has 2 aliphatic heterocycles. The number of ether oxygens (including phenoxy) is 2. The van der Waals surface area contributed by atoms with Gasteiger partial charge in [-0.25, -0.2) is 0 Å². The number of Topliss-reactive ketones (excluding diaryl/α,β-unsaturated/α-hetero) is 3. The topological polar surface area (TPSA) is 72.9 Å². The Bertz CT molecular complexity index is 1790. The summed E-state index contributed by atoms with van der Waals surface area (Å²) in [7, 11) is 3.07. The van der Waals surface area contributed by atoms with Crippen LogP contribution < -0.4 is 14.4 Å². The zero-order valence-electron chi connectivity index (χ0n) is 22.9. The van der Waals surface area contributed by atoms with E-state index in [-0.39, 0.29) is 17.3 Å². The molecular weight excluding hydrogens is 550 g/mol. The monoisotopic (exact) mass is 575 g/mol. The summed E-state index contributed by atoms with van der Waals surface area (Å²) in [6.07, 6.45) is 3.84. The SMILES string of the molecule is COc1ccc(C2C(C(=O)c3ccccc3Cl)N3c4ccccc4C=CC3C23C(=O)c2ccccc2C3=O)cc1OC. The highest BCUT2D eigenvalue weighted by molar-refractivity contribution is 6.35. The van der Waals surface area contributed by atoms with Crippen molar-refractivity contribution in [3.63, 3.8) is 0 Å². The van der Waals surface area contributed by atoms with Gasteiger partial charge in [-0.2, -0.15) is 0 Å². The number of carbonyl (C=O) groups is 3. The first-order valence-corrected chi connectivity index (χ1v) is 14.1. The fraction of sp³-hybridized carbons (Fsp3) is 0.171. The molecule has 4 aromatic rings. The van der Waals surface area contributed by atoms with Crippen LogP contribution in [0.25, 0.3) is 6.08 Å². The second kappa shape index (κ2) is 9.71. The molecule has 3 unspecified atom stereocenters. The first kappa shape index (κ1) is 26.2. The average molecular weight is 576 g/mol. The lowest BCUT2D eigenvalue weighted by Crippen LogP contribution is -2.48. The van der Waals surface area contributed by atoms with E-state index < -0.39 is 23.4 Å². The summed E-state index contributed by atoms with van der Waals surface area (Å²) in [6, 6.07) is 25.2. The molecule has 6 nitrogen and oxygen atoms in total. The predicted molar refractivity (Wildman–Crippen MR) is 161 cm³/mol. The van der Waals surface area contributed by atoms with Crippen molar-refractivity contribution in [1.82, 2.24) is 0 Å². The van der Waals surface area contributed by atoms with Gasteiger partial charge in [-0.05, 0) is 41.5 Å². The van der Waals surface area contributed by atoms with Crippen LogP contribution in [0.5, 0.6) is 11.5 Å². The molecule has 0 aromatic heterocycles. The van der Waals surface area contributed by atoms with Gasteiger partial charge < -0.3 is 14.4 Å². The number of carbonyl (C=O) groups excluding carboxylic acids is 3. The molecule has 2 heterocycles. The molecule has 0 saturated carbocycles. The minimum Gasteiger partial charge on any atom is -0.493 e. The van der Waals surface area contributed by atoms with Gasteiger partial charge in [0.2, 0.25) is 0 Å². The van der Waals surface area contributed by atoms with Crippen LogP contribution in [0.3, 0.4) is 0 Å². The second-order valence-corrected chi connectivity index (χ2v) is 11.1. The van der Waals surface area contributed by atoms with E-state index in [1.165, 1.54) is 7.11 Å². The molecule has 7 rings (SSSR count). The van der Waals surface area contributed by atoms with Crippen LogP contribution in [0.15, 0.2) is 97.1 Å². The number of hydrogen-bond acceptors (Lipinski definition) is 6. The number of anilines is 1. The van der Waals surface area contributed by atoms with Crippen molar-refractivity contribution in [2.24, 2.45) is 5.41 Å². The summed E-state index contributed by atoms with van der Waals surface area (Å²) in [5, 5.41) is 0.305. The number of ketones is 3. The molecule has 0 radical (unpaired) electrons. The molecular formula is C35H26ClNO5. The van der Waals surface area contributed by atoms with Crippen LogP contribution in [0.2, 0.25) is 5.02 Å². The molecule has 7 heteroatoms. The van der Waals surface area contributed by atoms with E-state index in [1.54, 1.807) is 67.8 Å². The molecule has 208 valence electrons. The number of halogens is 1.